The number of aliphatic carboxylic acids is 1. The van der Waals surface area contributed by atoms with Gasteiger partial charge in [-0.15, -0.1) is 0 Å². The van der Waals surface area contributed by atoms with E-state index >= 15 is 0 Å². The van der Waals surface area contributed by atoms with Crippen LogP contribution < -0.4 is 9.08 Å². The van der Waals surface area contributed by atoms with E-state index in [1.165, 1.54) is 0 Å². The Balaban J connectivity index is 2.30. The molecule has 2 aromatic carbocycles. The lowest BCUT2D eigenvalue weighted by Crippen LogP contribution is -2.32. The number of carboxylic acids is 1. The quantitative estimate of drug-likeness (QED) is 0.265. The van der Waals surface area contributed by atoms with Gasteiger partial charge in [0.1, 0.15) is 17.5 Å². The molecule has 0 saturated carbocycles. The first-order valence-corrected chi connectivity index (χ1v) is 11.8. The summed E-state index contributed by atoms with van der Waals surface area (Å²) in [6.45, 7) is 0. The molecule has 2 aromatic rings. The van der Waals surface area contributed by atoms with Crippen molar-refractivity contribution in [2.24, 2.45) is 0 Å². The van der Waals surface area contributed by atoms with Gasteiger partial charge in [-0.3, -0.25) is 4.79 Å². The minimum atomic E-state index is -0.921. The highest BCUT2D eigenvalue weighted by molar-refractivity contribution is 14.1. The zero-order valence-electron chi connectivity index (χ0n) is 12.2. The second kappa shape index (κ2) is 9.88. The number of halogens is 5. The van der Waals surface area contributed by atoms with E-state index in [1.807, 2.05) is 12.1 Å². The molecule has 0 spiro atoms. The number of aromatic hydroxyl groups is 1. The molecule has 3 N–H and O–H groups in total. The van der Waals surface area contributed by atoms with Crippen molar-refractivity contribution >= 4 is 112 Å². The summed E-state index contributed by atoms with van der Waals surface area (Å²) < 4.78 is 11.8. The van der Waals surface area contributed by atoms with Crippen LogP contribution in [0, 0.1) is 14.3 Å². The molecule has 0 aliphatic carbocycles. The first-order chi connectivity index (χ1) is 11.7. The van der Waals surface area contributed by atoms with Gasteiger partial charge < -0.3 is 14.9 Å². The summed E-state index contributed by atoms with van der Waals surface area (Å²) in [7, 11) is 0. The van der Waals surface area contributed by atoms with Crippen LogP contribution in [0.25, 0.3) is 0 Å². The molecule has 0 aliphatic rings. The molecule has 0 saturated heterocycles. The van der Waals surface area contributed by atoms with Crippen LogP contribution in [-0.4, -0.2) is 22.2 Å². The minimum Gasteiger partial charge on any atom is -0.506 e. The maximum absolute atomic E-state index is 11.2. The average molecular weight is 856 g/mol. The standard InChI is InChI=1S/C15H10BrI4NO4/c16-21-12(15(23)24)3-6-1-10(19)14(11(20)2-6)25-7-4-8(17)13(22)9(18)5-7/h1-2,4-5,12,21-22H,3H2,(H,23,24)/t12-/m0/s1. The zero-order valence-corrected chi connectivity index (χ0v) is 22.4. The van der Waals surface area contributed by atoms with Crippen molar-refractivity contribution in [3.05, 3.63) is 44.1 Å². The van der Waals surface area contributed by atoms with Crippen LogP contribution >= 0.6 is 107 Å². The smallest absolute Gasteiger partial charge is 0.321 e. The van der Waals surface area contributed by atoms with Crippen LogP contribution in [0.15, 0.2) is 24.3 Å². The Morgan fingerprint density at radius 1 is 1.08 bits per heavy atom. The predicted octanol–water partition coefficient (Wildman–Crippen LogP) is 5.50. The number of carbonyl (C=O) groups is 1. The molecular weight excluding hydrogens is 846 g/mol. The third-order valence-electron chi connectivity index (χ3n) is 3.14. The number of phenols is 1. The van der Waals surface area contributed by atoms with Gasteiger partial charge in [-0.2, -0.15) is 0 Å². The van der Waals surface area contributed by atoms with Gasteiger partial charge >= 0.3 is 5.97 Å². The fourth-order valence-corrected chi connectivity index (χ4v) is 6.14. The molecule has 0 bridgehead atoms. The van der Waals surface area contributed by atoms with E-state index in [9.17, 15) is 9.90 Å². The van der Waals surface area contributed by atoms with Crippen LogP contribution in [0.5, 0.6) is 17.2 Å². The van der Waals surface area contributed by atoms with Gasteiger partial charge in [0.15, 0.2) is 5.75 Å². The lowest BCUT2D eigenvalue weighted by molar-refractivity contribution is -0.138. The largest absolute Gasteiger partial charge is 0.506 e. The zero-order chi connectivity index (χ0) is 18.7. The van der Waals surface area contributed by atoms with Gasteiger partial charge in [-0.1, -0.05) is 0 Å². The molecule has 0 radical (unpaired) electrons. The van der Waals surface area contributed by atoms with Crippen molar-refractivity contribution in [3.63, 3.8) is 0 Å². The fourth-order valence-electron chi connectivity index (χ4n) is 1.96. The monoisotopic (exact) mass is 855 g/mol. The Hall–Kier alpha value is 0.870. The molecule has 5 nitrogen and oxygen atoms in total. The normalized spacial score (nSPS) is 12.0. The van der Waals surface area contributed by atoms with Gasteiger partial charge in [-0.25, -0.2) is 4.34 Å². The summed E-state index contributed by atoms with van der Waals surface area (Å²) in [4.78, 5) is 11.2. The minimum absolute atomic E-state index is 0.246. The molecular formula is C15H10BrI4NO4. The molecule has 134 valence electrons. The van der Waals surface area contributed by atoms with E-state index in [2.05, 4.69) is 111 Å². The second-order valence-corrected chi connectivity index (χ2v) is 10.0. The molecule has 0 fully saturated rings. The molecule has 0 amide bonds. The van der Waals surface area contributed by atoms with Gasteiger partial charge in [0.05, 0.1) is 14.3 Å². The van der Waals surface area contributed by atoms with E-state index in [4.69, 9.17) is 9.84 Å². The molecule has 0 heterocycles. The fraction of sp³-hybridized carbons (Fsp3) is 0.133. The molecule has 0 aliphatic heterocycles. The number of phenolic OH excluding ortho intramolecular Hbond substituents is 1. The van der Waals surface area contributed by atoms with Crippen LogP contribution in [0.1, 0.15) is 5.56 Å². The Labute approximate surface area is 207 Å². The summed E-state index contributed by atoms with van der Waals surface area (Å²) in [6.07, 6.45) is 0.349. The molecule has 1 atom stereocenters. The molecule has 10 heteroatoms. The van der Waals surface area contributed by atoms with Crippen LogP contribution in [-0.2, 0) is 11.2 Å². The third kappa shape index (κ3) is 5.92. The number of hydrogen-bond donors (Lipinski definition) is 3. The Bertz CT molecular complexity index is 772. The van der Waals surface area contributed by atoms with E-state index in [0.717, 1.165) is 12.7 Å². The Morgan fingerprint density at radius 2 is 1.60 bits per heavy atom. The Kier molecular flexibility index (Phi) is 8.76. The van der Waals surface area contributed by atoms with Gasteiger partial charge in [-0.05, 0) is 127 Å². The van der Waals surface area contributed by atoms with Crippen LogP contribution in [0.3, 0.4) is 0 Å². The number of benzene rings is 2. The number of carboxylic acid groups (broad SMARTS) is 1. The lowest BCUT2D eigenvalue weighted by Gasteiger charge is -2.15. The first-order valence-electron chi connectivity index (χ1n) is 6.65. The van der Waals surface area contributed by atoms with Crippen molar-refractivity contribution in [2.75, 3.05) is 0 Å². The second-order valence-electron chi connectivity index (χ2n) is 4.93. The van der Waals surface area contributed by atoms with E-state index < -0.39 is 12.0 Å². The third-order valence-corrected chi connectivity index (χ3v) is 6.94. The first kappa shape index (κ1) is 22.2. The number of nitrogens with one attached hydrogen (secondary N) is 1. The van der Waals surface area contributed by atoms with Crippen molar-refractivity contribution in [3.8, 4) is 17.2 Å². The van der Waals surface area contributed by atoms with Crippen molar-refractivity contribution in [1.82, 2.24) is 4.34 Å². The van der Waals surface area contributed by atoms with Crippen LogP contribution in [0.4, 0.5) is 0 Å². The average Bonchev–Trinajstić information content (AvgIpc) is 2.53. The summed E-state index contributed by atoms with van der Waals surface area (Å²) in [5.41, 5.74) is 0.898. The van der Waals surface area contributed by atoms with Crippen molar-refractivity contribution < 1.29 is 19.7 Å². The van der Waals surface area contributed by atoms with Gasteiger partial charge in [0.2, 0.25) is 0 Å². The molecule has 0 aromatic heterocycles. The maximum Gasteiger partial charge on any atom is 0.321 e. The lowest BCUT2D eigenvalue weighted by atomic mass is 10.1. The van der Waals surface area contributed by atoms with Gasteiger partial charge in [0, 0.05) is 16.1 Å². The molecule has 25 heavy (non-hydrogen) atoms. The predicted molar refractivity (Wildman–Crippen MR) is 133 cm³/mol. The number of hydrogen-bond acceptors (Lipinski definition) is 4. The summed E-state index contributed by atoms with van der Waals surface area (Å²) >= 11 is 11.5. The SMILES string of the molecule is O=C(O)[C@H](Cc1cc(I)c(Oc2cc(I)c(O)c(I)c2)c(I)c1)NBr. The van der Waals surface area contributed by atoms with Gasteiger partial charge in [0.25, 0.3) is 0 Å². The van der Waals surface area contributed by atoms with Crippen LogP contribution in [0.2, 0.25) is 0 Å². The molecule has 2 rings (SSSR count). The number of rotatable bonds is 6. The topological polar surface area (TPSA) is 78.8 Å². The highest BCUT2D eigenvalue weighted by atomic mass is 127. The highest BCUT2D eigenvalue weighted by Crippen LogP contribution is 2.36. The van der Waals surface area contributed by atoms with E-state index in [-0.39, 0.29) is 5.75 Å². The highest BCUT2D eigenvalue weighted by Gasteiger charge is 2.19. The Morgan fingerprint density at radius 3 is 2.04 bits per heavy atom. The number of ether oxygens (including phenoxy) is 1. The summed E-state index contributed by atoms with van der Waals surface area (Å²) in [6, 6.07) is 6.66. The van der Waals surface area contributed by atoms with E-state index in [1.54, 1.807) is 12.1 Å². The van der Waals surface area contributed by atoms with E-state index in [0.29, 0.717) is 25.1 Å². The van der Waals surface area contributed by atoms with Crippen molar-refractivity contribution in [1.29, 1.82) is 0 Å². The van der Waals surface area contributed by atoms with Crippen molar-refractivity contribution in [2.45, 2.75) is 12.5 Å². The molecule has 0 unspecified atom stereocenters. The maximum atomic E-state index is 11.2. The summed E-state index contributed by atoms with van der Waals surface area (Å²) in [5.74, 6) is 0.673. The summed E-state index contributed by atoms with van der Waals surface area (Å²) in [5, 5.41) is 19.0.